The lowest BCUT2D eigenvalue weighted by atomic mass is 9.86. The zero-order valence-electron chi connectivity index (χ0n) is 19.8. The first kappa shape index (κ1) is 26.5. The smallest absolute Gasteiger partial charge is 0.276 e. The molecule has 4 atom stereocenters. The van der Waals surface area contributed by atoms with Gasteiger partial charge in [-0.1, -0.05) is 49.7 Å². The minimum absolute atomic E-state index is 0.00537. The van der Waals surface area contributed by atoms with Gasteiger partial charge in [0.1, 0.15) is 5.82 Å². The fourth-order valence-corrected chi connectivity index (χ4v) is 6.12. The van der Waals surface area contributed by atoms with E-state index in [9.17, 15) is 18.5 Å². The summed E-state index contributed by atoms with van der Waals surface area (Å²) < 4.78 is 27.3. The zero-order valence-corrected chi connectivity index (χ0v) is 21.4. The number of nitrogens with one attached hydrogen (secondary N) is 1. The monoisotopic (exact) mass is 507 g/mol. The van der Waals surface area contributed by atoms with Crippen molar-refractivity contribution < 1.29 is 18.5 Å². The van der Waals surface area contributed by atoms with Crippen LogP contribution >= 0.6 is 11.6 Å². The van der Waals surface area contributed by atoms with Gasteiger partial charge in [0.2, 0.25) is 11.2 Å². The molecule has 0 radical (unpaired) electrons. The van der Waals surface area contributed by atoms with E-state index >= 15 is 0 Å². The molecule has 0 saturated carbocycles. The first-order chi connectivity index (χ1) is 16.1. The normalized spacial score (nSPS) is 20.4. The third-order valence-electron chi connectivity index (χ3n) is 5.89. The van der Waals surface area contributed by atoms with Crippen molar-refractivity contribution in [3.8, 4) is 0 Å². The quantitative estimate of drug-likeness (QED) is 0.555. The summed E-state index contributed by atoms with van der Waals surface area (Å²) in [5.74, 6) is -1.43. The lowest BCUT2D eigenvalue weighted by Crippen LogP contribution is -2.61. The Morgan fingerprint density at radius 1 is 1.26 bits per heavy atom. The van der Waals surface area contributed by atoms with Crippen molar-refractivity contribution in [2.75, 3.05) is 20.6 Å². The number of hydrogen-bond donors (Lipinski definition) is 1. The molecule has 34 heavy (non-hydrogen) atoms. The standard InChI is InChI=1S/C25H31ClFN3O3S/c1-16(2)28-22(24(31)29(3)4)19-12-13-30(15-17-10-11-21(27)20(26)14-17)25(32)23(19)34(33)18-8-6-5-7-9-18/h5-11,14,16,19,22-23,28H,12-13,15H2,1-4H3. The van der Waals surface area contributed by atoms with Gasteiger partial charge in [0, 0.05) is 39.1 Å². The Kier molecular flexibility index (Phi) is 8.98. The van der Waals surface area contributed by atoms with Gasteiger partial charge < -0.3 is 19.7 Å². The molecule has 3 rings (SSSR count). The van der Waals surface area contributed by atoms with Crippen molar-refractivity contribution in [2.24, 2.45) is 5.92 Å². The van der Waals surface area contributed by atoms with Gasteiger partial charge >= 0.3 is 0 Å². The highest BCUT2D eigenvalue weighted by Gasteiger charge is 2.50. The molecule has 0 bridgehead atoms. The lowest BCUT2D eigenvalue weighted by Gasteiger charge is -2.41. The van der Waals surface area contributed by atoms with Crippen molar-refractivity contribution >= 4 is 34.6 Å². The Morgan fingerprint density at radius 2 is 1.94 bits per heavy atom. The molecule has 2 aromatic carbocycles. The van der Waals surface area contributed by atoms with Gasteiger partial charge in [-0.2, -0.15) is 0 Å². The Labute approximate surface area is 208 Å². The van der Waals surface area contributed by atoms with Crippen molar-refractivity contribution in [3.63, 3.8) is 0 Å². The number of piperidine rings is 1. The van der Waals surface area contributed by atoms with Crippen LogP contribution in [0.25, 0.3) is 0 Å². The molecule has 1 saturated heterocycles. The summed E-state index contributed by atoms with van der Waals surface area (Å²) >= 11 is 4.26. The van der Waals surface area contributed by atoms with Crippen molar-refractivity contribution in [2.45, 2.75) is 49.0 Å². The summed E-state index contributed by atoms with van der Waals surface area (Å²) in [7, 11) is 3.35. The number of amides is 2. The lowest BCUT2D eigenvalue weighted by molar-refractivity contribution is -0.138. The molecule has 0 aliphatic carbocycles. The summed E-state index contributed by atoms with van der Waals surface area (Å²) in [5, 5.41) is 2.39. The Hall–Kier alpha value is -2.13. The van der Waals surface area contributed by atoms with E-state index in [-0.39, 0.29) is 29.4 Å². The molecule has 184 valence electrons. The van der Waals surface area contributed by atoms with E-state index in [4.69, 9.17) is 11.6 Å². The molecule has 2 amide bonds. The molecule has 0 aromatic heterocycles. The summed E-state index contributed by atoms with van der Waals surface area (Å²) in [6.45, 7) is 4.48. The molecule has 1 fully saturated rings. The van der Waals surface area contributed by atoms with Gasteiger partial charge in [-0.25, -0.2) is 4.39 Å². The van der Waals surface area contributed by atoms with Crippen LogP contribution in [0, 0.1) is 11.7 Å². The second-order valence-corrected chi connectivity index (χ2v) is 11.0. The van der Waals surface area contributed by atoms with E-state index in [0.717, 1.165) is 0 Å². The van der Waals surface area contributed by atoms with Crippen LogP contribution in [0.4, 0.5) is 4.39 Å². The molecule has 1 N–H and O–H groups in total. The fraction of sp³-hybridized carbons (Fsp3) is 0.440. The number of carbonyl (C=O) groups is 2. The van der Waals surface area contributed by atoms with E-state index in [1.54, 1.807) is 49.3 Å². The average molecular weight is 508 g/mol. The van der Waals surface area contributed by atoms with Gasteiger partial charge in [0.25, 0.3) is 5.91 Å². The highest BCUT2D eigenvalue weighted by Crippen LogP contribution is 2.33. The number of carbonyl (C=O) groups excluding carboxylic acids is 2. The predicted octanol–water partition coefficient (Wildman–Crippen LogP) is 3.46. The van der Waals surface area contributed by atoms with Crippen molar-refractivity contribution in [1.82, 2.24) is 15.1 Å². The van der Waals surface area contributed by atoms with Crippen LogP contribution in [0.5, 0.6) is 0 Å². The highest BCUT2D eigenvalue weighted by atomic mass is 35.5. The number of halogens is 2. The summed E-state index contributed by atoms with van der Waals surface area (Å²) in [6.07, 6.45) is 0.494. The molecule has 4 unspecified atom stereocenters. The first-order valence-electron chi connectivity index (χ1n) is 11.3. The number of benzene rings is 2. The van der Waals surface area contributed by atoms with Crippen molar-refractivity contribution in [3.05, 3.63) is 64.9 Å². The molecule has 0 spiro atoms. The van der Waals surface area contributed by atoms with E-state index in [1.165, 1.54) is 17.0 Å². The molecule has 6 nitrogen and oxygen atoms in total. The highest BCUT2D eigenvalue weighted by molar-refractivity contribution is 7.92. The molecular weight excluding hydrogens is 477 g/mol. The van der Waals surface area contributed by atoms with E-state index < -0.39 is 34.2 Å². The molecular formula is C25H31ClFN3O3S. The third kappa shape index (κ3) is 6.10. The van der Waals surface area contributed by atoms with Crippen LogP contribution in [-0.4, -0.2) is 64.1 Å². The third-order valence-corrected chi connectivity index (χ3v) is 7.93. The summed E-state index contributed by atoms with van der Waals surface area (Å²) in [6, 6.07) is 12.5. The van der Waals surface area contributed by atoms with E-state index in [1.807, 2.05) is 19.9 Å². The van der Waals surface area contributed by atoms with Crippen LogP contribution in [-0.2, 0) is 27.3 Å². The van der Waals surface area contributed by atoms with Crippen molar-refractivity contribution in [1.29, 1.82) is 0 Å². The molecule has 1 aliphatic heterocycles. The van der Waals surface area contributed by atoms with E-state index in [2.05, 4.69) is 5.32 Å². The van der Waals surface area contributed by atoms with Crippen LogP contribution in [0.1, 0.15) is 25.8 Å². The summed E-state index contributed by atoms with van der Waals surface area (Å²) in [5.41, 5.74) is 0.684. The summed E-state index contributed by atoms with van der Waals surface area (Å²) in [4.78, 5) is 30.5. The average Bonchev–Trinajstić information content (AvgIpc) is 2.80. The fourth-order valence-electron chi connectivity index (χ4n) is 4.25. The largest absolute Gasteiger partial charge is 0.611 e. The van der Waals surface area contributed by atoms with Gasteiger partial charge in [0.05, 0.1) is 11.1 Å². The topological polar surface area (TPSA) is 75.7 Å². The van der Waals surface area contributed by atoms with Gasteiger partial charge in [0.15, 0.2) is 4.90 Å². The Balaban J connectivity index is 1.96. The number of likely N-dealkylation sites (N-methyl/N-ethyl adjacent to an activating group) is 1. The Morgan fingerprint density at radius 3 is 2.53 bits per heavy atom. The number of rotatable bonds is 8. The van der Waals surface area contributed by atoms with Gasteiger partial charge in [-0.15, -0.1) is 0 Å². The van der Waals surface area contributed by atoms with Gasteiger partial charge in [-0.3, -0.25) is 9.59 Å². The SMILES string of the molecule is CC(C)NC(C(=O)N(C)C)C1CCN(Cc2ccc(F)c(Cl)c2)C(=O)C1[S+]([O-])c1ccccc1. The van der Waals surface area contributed by atoms with Crippen LogP contribution < -0.4 is 5.32 Å². The second-order valence-electron chi connectivity index (χ2n) is 9.02. The number of nitrogens with zero attached hydrogens (tertiary/aromatic N) is 2. The first-order valence-corrected chi connectivity index (χ1v) is 12.8. The minimum Gasteiger partial charge on any atom is -0.611 e. The molecule has 1 aliphatic rings. The molecule has 2 aromatic rings. The Bertz CT molecular complexity index is 1010. The van der Waals surface area contributed by atoms with Crippen LogP contribution in [0.2, 0.25) is 5.02 Å². The number of hydrogen-bond acceptors (Lipinski definition) is 4. The number of likely N-dealkylation sites (tertiary alicyclic amines) is 1. The van der Waals surface area contributed by atoms with E-state index in [0.29, 0.717) is 23.4 Å². The zero-order chi connectivity index (χ0) is 25.0. The van der Waals surface area contributed by atoms with Crippen LogP contribution in [0.3, 0.4) is 0 Å². The molecule has 1 heterocycles. The molecule has 9 heteroatoms. The maximum atomic E-state index is 13.8. The predicted molar refractivity (Wildman–Crippen MR) is 132 cm³/mol. The van der Waals surface area contributed by atoms with Gasteiger partial charge in [-0.05, 0) is 47.4 Å². The van der Waals surface area contributed by atoms with Crippen LogP contribution in [0.15, 0.2) is 53.4 Å². The minimum atomic E-state index is -1.67. The maximum Gasteiger partial charge on any atom is 0.276 e. The maximum absolute atomic E-state index is 13.8. The second kappa shape index (κ2) is 11.5.